The van der Waals surface area contributed by atoms with Crippen LogP contribution < -0.4 is 9.47 Å². The Labute approximate surface area is 187 Å². The van der Waals surface area contributed by atoms with Crippen LogP contribution in [0.25, 0.3) is 0 Å². The third kappa shape index (κ3) is 5.29. The number of carbonyl (C=O) groups excluding carboxylic acids is 1. The van der Waals surface area contributed by atoms with Crippen molar-refractivity contribution in [3.8, 4) is 23.3 Å². The van der Waals surface area contributed by atoms with E-state index >= 15 is 0 Å². The number of fused-ring (bicyclic) bond motifs is 1. The van der Waals surface area contributed by atoms with Gasteiger partial charge in [-0.3, -0.25) is 4.79 Å². The van der Waals surface area contributed by atoms with Crippen LogP contribution in [0.2, 0.25) is 0 Å². The van der Waals surface area contributed by atoms with E-state index in [0.717, 1.165) is 33.6 Å². The van der Waals surface area contributed by atoms with E-state index < -0.39 is 0 Å². The Morgan fingerprint density at radius 2 is 1.75 bits per heavy atom. The van der Waals surface area contributed by atoms with Crippen molar-refractivity contribution < 1.29 is 24.1 Å². The highest BCUT2D eigenvalue weighted by atomic mass is 16.5. The number of benzene rings is 3. The summed E-state index contributed by atoms with van der Waals surface area (Å²) in [5.74, 6) is 7.53. The first-order valence-electron chi connectivity index (χ1n) is 10.4. The van der Waals surface area contributed by atoms with Crippen LogP contribution in [0.15, 0.2) is 66.7 Å². The van der Waals surface area contributed by atoms with Crippen LogP contribution in [0.3, 0.4) is 0 Å². The number of hydrogen-bond donors (Lipinski definition) is 1. The SMILES string of the molecule is COC(=O)CC1COc2cc(OCc3cccc(C#Cc4cccc(CO)c4)c3)ccc21. The number of esters is 1. The number of aliphatic hydroxyl groups excluding tert-OH is 1. The predicted octanol–water partition coefficient (Wildman–Crippen LogP) is 4.20. The molecule has 0 aromatic heterocycles. The molecule has 0 saturated carbocycles. The lowest BCUT2D eigenvalue weighted by atomic mass is 9.98. The molecule has 1 N–H and O–H groups in total. The quantitative estimate of drug-likeness (QED) is 0.471. The maximum atomic E-state index is 11.6. The third-order valence-electron chi connectivity index (χ3n) is 5.30. The van der Waals surface area contributed by atoms with Crippen LogP contribution in [0.1, 0.15) is 40.2 Å². The Balaban J connectivity index is 1.40. The molecule has 0 bridgehead atoms. The van der Waals surface area contributed by atoms with E-state index in [1.165, 1.54) is 7.11 Å². The first-order valence-corrected chi connectivity index (χ1v) is 10.4. The average Bonchev–Trinajstić information content (AvgIpc) is 3.23. The molecular formula is C27H24O5. The van der Waals surface area contributed by atoms with Gasteiger partial charge < -0.3 is 19.3 Å². The van der Waals surface area contributed by atoms with Gasteiger partial charge >= 0.3 is 5.97 Å². The molecule has 0 fully saturated rings. The number of methoxy groups -OCH3 is 1. The van der Waals surface area contributed by atoms with Gasteiger partial charge in [-0.05, 0) is 41.5 Å². The standard InChI is InChI=1S/C27H24O5/c1-30-27(29)14-23-18-32-26-15-24(10-11-25(23)26)31-17-22-7-3-5-20(13-22)9-8-19-4-2-6-21(12-19)16-28/h2-7,10-13,15,23,28H,14,16-18H2,1H3. The van der Waals surface area contributed by atoms with Gasteiger partial charge in [0, 0.05) is 28.7 Å². The van der Waals surface area contributed by atoms with Crippen LogP contribution >= 0.6 is 0 Å². The van der Waals surface area contributed by atoms with E-state index in [0.29, 0.717) is 25.4 Å². The third-order valence-corrected chi connectivity index (χ3v) is 5.30. The Hall–Kier alpha value is -3.75. The lowest BCUT2D eigenvalue weighted by Gasteiger charge is -2.09. The van der Waals surface area contributed by atoms with E-state index in [1.54, 1.807) is 0 Å². The summed E-state index contributed by atoms with van der Waals surface area (Å²) in [7, 11) is 1.39. The van der Waals surface area contributed by atoms with E-state index in [4.69, 9.17) is 14.2 Å². The summed E-state index contributed by atoms with van der Waals surface area (Å²) < 4.78 is 16.5. The minimum Gasteiger partial charge on any atom is -0.492 e. The smallest absolute Gasteiger partial charge is 0.306 e. The van der Waals surface area contributed by atoms with Crippen molar-refractivity contribution in [2.45, 2.75) is 25.6 Å². The van der Waals surface area contributed by atoms with E-state index in [2.05, 4.69) is 11.8 Å². The van der Waals surface area contributed by atoms with Gasteiger partial charge in [-0.2, -0.15) is 0 Å². The first-order chi connectivity index (χ1) is 15.6. The minimum absolute atomic E-state index is 0.00200. The molecule has 0 amide bonds. The largest absolute Gasteiger partial charge is 0.492 e. The number of aliphatic hydroxyl groups is 1. The second kappa shape index (κ2) is 10.0. The van der Waals surface area contributed by atoms with Gasteiger partial charge in [-0.25, -0.2) is 0 Å². The second-order valence-corrected chi connectivity index (χ2v) is 7.59. The molecular weight excluding hydrogens is 404 g/mol. The topological polar surface area (TPSA) is 65.0 Å². The van der Waals surface area contributed by atoms with Crippen molar-refractivity contribution in [2.75, 3.05) is 13.7 Å². The van der Waals surface area contributed by atoms with E-state index in [-0.39, 0.29) is 18.5 Å². The Morgan fingerprint density at radius 1 is 1.03 bits per heavy atom. The molecule has 0 saturated heterocycles. The van der Waals surface area contributed by atoms with Gasteiger partial charge in [-0.15, -0.1) is 0 Å². The highest BCUT2D eigenvalue weighted by Gasteiger charge is 2.27. The predicted molar refractivity (Wildman–Crippen MR) is 120 cm³/mol. The Kier molecular flexibility index (Phi) is 6.74. The zero-order valence-corrected chi connectivity index (χ0v) is 17.8. The highest BCUT2D eigenvalue weighted by Crippen LogP contribution is 2.38. The fraction of sp³-hybridized carbons (Fsp3) is 0.222. The number of hydrogen-bond acceptors (Lipinski definition) is 5. The Morgan fingerprint density at radius 3 is 2.47 bits per heavy atom. The van der Waals surface area contributed by atoms with Crippen molar-refractivity contribution >= 4 is 5.97 Å². The average molecular weight is 428 g/mol. The van der Waals surface area contributed by atoms with Gasteiger partial charge in [0.15, 0.2) is 0 Å². The molecule has 32 heavy (non-hydrogen) atoms. The molecule has 3 aromatic carbocycles. The van der Waals surface area contributed by atoms with Crippen molar-refractivity contribution in [2.24, 2.45) is 0 Å². The molecule has 0 aliphatic carbocycles. The van der Waals surface area contributed by atoms with Crippen molar-refractivity contribution in [1.82, 2.24) is 0 Å². The highest BCUT2D eigenvalue weighted by molar-refractivity contribution is 5.71. The monoisotopic (exact) mass is 428 g/mol. The molecule has 1 aliphatic rings. The second-order valence-electron chi connectivity index (χ2n) is 7.59. The summed E-state index contributed by atoms with van der Waals surface area (Å²) in [6.45, 7) is 0.873. The minimum atomic E-state index is -0.240. The van der Waals surface area contributed by atoms with Gasteiger partial charge in [0.2, 0.25) is 0 Å². The molecule has 5 heteroatoms. The maximum Gasteiger partial charge on any atom is 0.306 e. The molecule has 0 spiro atoms. The van der Waals surface area contributed by atoms with Gasteiger partial charge in [0.05, 0.1) is 26.7 Å². The van der Waals surface area contributed by atoms with E-state index in [9.17, 15) is 9.90 Å². The van der Waals surface area contributed by atoms with Crippen LogP contribution in [0, 0.1) is 11.8 Å². The molecule has 1 atom stereocenters. The van der Waals surface area contributed by atoms with Crippen LogP contribution in [0.5, 0.6) is 11.5 Å². The molecule has 3 aromatic rings. The lowest BCUT2D eigenvalue weighted by molar-refractivity contribution is -0.141. The van der Waals surface area contributed by atoms with Crippen molar-refractivity contribution in [3.63, 3.8) is 0 Å². The van der Waals surface area contributed by atoms with Gasteiger partial charge in [-0.1, -0.05) is 42.2 Å². The summed E-state index contributed by atoms with van der Waals surface area (Å²) in [4.78, 5) is 11.6. The summed E-state index contributed by atoms with van der Waals surface area (Å²) in [5.41, 5.74) is 4.61. The van der Waals surface area contributed by atoms with Gasteiger partial charge in [0.1, 0.15) is 18.1 Å². The normalized spacial score (nSPS) is 14.0. The summed E-state index contributed by atoms with van der Waals surface area (Å²) >= 11 is 0. The molecule has 4 rings (SSSR count). The molecule has 1 aliphatic heterocycles. The number of carbonyl (C=O) groups is 1. The van der Waals surface area contributed by atoms with Crippen molar-refractivity contribution in [3.05, 3.63) is 94.5 Å². The summed E-state index contributed by atoms with van der Waals surface area (Å²) in [6, 6.07) is 21.2. The fourth-order valence-electron chi connectivity index (χ4n) is 3.60. The van der Waals surface area contributed by atoms with Crippen LogP contribution in [-0.2, 0) is 22.7 Å². The zero-order valence-electron chi connectivity index (χ0n) is 17.8. The van der Waals surface area contributed by atoms with Crippen LogP contribution in [-0.4, -0.2) is 24.8 Å². The molecule has 1 unspecified atom stereocenters. The first kappa shape index (κ1) is 21.5. The number of rotatable bonds is 6. The fourth-order valence-corrected chi connectivity index (χ4v) is 3.60. The summed E-state index contributed by atoms with van der Waals surface area (Å²) in [6.07, 6.45) is 0.307. The van der Waals surface area contributed by atoms with Crippen LogP contribution in [0.4, 0.5) is 0 Å². The molecule has 5 nitrogen and oxygen atoms in total. The molecule has 0 radical (unpaired) electrons. The van der Waals surface area contributed by atoms with Crippen molar-refractivity contribution in [1.29, 1.82) is 0 Å². The molecule has 162 valence electrons. The lowest BCUT2D eigenvalue weighted by Crippen LogP contribution is -2.09. The van der Waals surface area contributed by atoms with E-state index in [1.807, 2.05) is 66.7 Å². The van der Waals surface area contributed by atoms with Gasteiger partial charge in [0.25, 0.3) is 0 Å². The molecule has 1 heterocycles. The Bertz CT molecular complexity index is 1170. The maximum absolute atomic E-state index is 11.6. The zero-order chi connectivity index (χ0) is 22.3. The summed E-state index contributed by atoms with van der Waals surface area (Å²) in [5, 5.41) is 9.26. The number of ether oxygens (including phenoxy) is 3.